The Morgan fingerprint density at radius 3 is 2.42 bits per heavy atom. The molecular formula is C18H20N2O6. The highest BCUT2D eigenvalue weighted by atomic mass is 16.5. The van der Waals surface area contributed by atoms with Crippen LogP contribution in [0.4, 0.5) is 5.82 Å². The second-order valence-electron chi connectivity index (χ2n) is 5.79. The number of aromatic carboxylic acids is 2. The van der Waals surface area contributed by atoms with Gasteiger partial charge in [0.25, 0.3) is 5.56 Å². The quantitative estimate of drug-likeness (QED) is 0.555. The number of aromatic nitrogens is 1. The Hall–Kier alpha value is -3.29. The van der Waals surface area contributed by atoms with Crippen LogP contribution in [0.25, 0.3) is 11.1 Å². The molecule has 0 saturated heterocycles. The van der Waals surface area contributed by atoms with Crippen LogP contribution in [0, 0.1) is 6.92 Å². The normalized spacial score (nSPS) is 10.5. The van der Waals surface area contributed by atoms with Crippen LogP contribution in [-0.2, 0) is 0 Å². The average Bonchev–Trinajstić information content (AvgIpc) is 2.55. The molecule has 0 amide bonds. The molecule has 2 rings (SSSR count). The van der Waals surface area contributed by atoms with Crippen molar-refractivity contribution in [3.05, 3.63) is 45.2 Å². The lowest BCUT2D eigenvalue weighted by Crippen LogP contribution is -2.24. The number of H-pyrrole nitrogens is 1. The predicted molar refractivity (Wildman–Crippen MR) is 96.0 cm³/mol. The van der Waals surface area contributed by atoms with Gasteiger partial charge in [0, 0.05) is 5.56 Å². The van der Waals surface area contributed by atoms with Crippen LogP contribution in [0.15, 0.2) is 23.0 Å². The molecule has 0 saturated carbocycles. The third kappa shape index (κ3) is 3.69. The van der Waals surface area contributed by atoms with E-state index >= 15 is 0 Å². The molecule has 0 spiro atoms. The van der Waals surface area contributed by atoms with E-state index in [1.807, 2.05) is 13.8 Å². The molecule has 8 heteroatoms. The zero-order chi connectivity index (χ0) is 19.4. The number of nitrogen functional groups attached to an aromatic ring is 1. The van der Waals surface area contributed by atoms with Gasteiger partial charge in [-0.15, -0.1) is 0 Å². The van der Waals surface area contributed by atoms with E-state index in [1.165, 1.54) is 12.1 Å². The molecule has 1 aromatic heterocycles. The molecule has 1 aromatic carbocycles. The van der Waals surface area contributed by atoms with Gasteiger partial charge in [-0.2, -0.15) is 0 Å². The summed E-state index contributed by atoms with van der Waals surface area (Å²) in [5.74, 6) is -2.90. The lowest BCUT2D eigenvalue weighted by molar-refractivity contribution is 0.0695. The van der Waals surface area contributed by atoms with E-state index in [0.717, 1.165) is 18.4 Å². The number of anilines is 1. The molecule has 5 N–H and O–H groups in total. The van der Waals surface area contributed by atoms with Gasteiger partial charge in [-0.1, -0.05) is 25.5 Å². The van der Waals surface area contributed by atoms with Crippen molar-refractivity contribution in [2.75, 3.05) is 12.3 Å². The minimum absolute atomic E-state index is 0.231. The predicted octanol–water partition coefficient (Wildman–Crippen LogP) is 2.51. The fraction of sp³-hybridized carbons (Fsp3) is 0.278. The minimum Gasteiger partial charge on any atom is -0.493 e. The van der Waals surface area contributed by atoms with Crippen LogP contribution in [0.1, 0.15) is 46.0 Å². The van der Waals surface area contributed by atoms with Crippen molar-refractivity contribution in [1.82, 2.24) is 4.98 Å². The van der Waals surface area contributed by atoms with Crippen molar-refractivity contribution in [1.29, 1.82) is 0 Å². The first-order chi connectivity index (χ1) is 12.3. The molecule has 2 aromatic rings. The Morgan fingerprint density at radius 1 is 1.19 bits per heavy atom. The summed E-state index contributed by atoms with van der Waals surface area (Å²) in [6, 6.07) is 4.73. The second-order valence-corrected chi connectivity index (χ2v) is 5.79. The number of nitrogens with one attached hydrogen (secondary N) is 1. The molecule has 0 aliphatic carbocycles. The number of aromatic amines is 1. The lowest BCUT2D eigenvalue weighted by Gasteiger charge is -2.15. The summed E-state index contributed by atoms with van der Waals surface area (Å²) in [4.78, 5) is 37.4. The highest BCUT2D eigenvalue weighted by molar-refractivity contribution is 6.07. The SMILES string of the molecule is CCCCOc1cc(-c2c(C(=O)O)c(N)[nH]c(=O)c2C(=O)O)ccc1C. The van der Waals surface area contributed by atoms with Gasteiger partial charge < -0.3 is 25.7 Å². The first-order valence-corrected chi connectivity index (χ1v) is 8.04. The standard InChI is InChI=1S/C18H20N2O6/c1-3-4-7-26-11-8-10(6-5-9(11)2)12-13(17(22)23)15(19)20-16(21)14(12)18(24)25/h5-6,8H,3-4,7H2,1-2H3,(H,22,23)(H,24,25)(H3,19,20,21). The first-order valence-electron chi connectivity index (χ1n) is 8.04. The molecule has 8 nitrogen and oxygen atoms in total. The van der Waals surface area contributed by atoms with Gasteiger partial charge in [-0.3, -0.25) is 4.79 Å². The summed E-state index contributed by atoms with van der Waals surface area (Å²) < 4.78 is 5.69. The smallest absolute Gasteiger partial charge is 0.342 e. The van der Waals surface area contributed by atoms with Gasteiger partial charge in [-0.05, 0) is 30.5 Å². The number of carboxylic acids is 2. The summed E-state index contributed by atoms with van der Waals surface area (Å²) in [7, 11) is 0. The number of carboxylic acid groups (broad SMARTS) is 2. The van der Waals surface area contributed by atoms with Crippen molar-refractivity contribution in [2.24, 2.45) is 0 Å². The maximum atomic E-state index is 12.1. The van der Waals surface area contributed by atoms with Crippen molar-refractivity contribution in [2.45, 2.75) is 26.7 Å². The Morgan fingerprint density at radius 2 is 1.85 bits per heavy atom. The second kappa shape index (κ2) is 7.73. The highest BCUT2D eigenvalue weighted by Crippen LogP contribution is 2.33. The van der Waals surface area contributed by atoms with Gasteiger partial charge in [0.15, 0.2) is 0 Å². The number of rotatable bonds is 7. The summed E-state index contributed by atoms with van der Waals surface area (Å²) in [6.45, 7) is 4.30. The molecule has 0 bridgehead atoms. The van der Waals surface area contributed by atoms with E-state index in [1.54, 1.807) is 6.07 Å². The maximum absolute atomic E-state index is 12.1. The van der Waals surface area contributed by atoms with Gasteiger partial charge >= 0.3 is 11.9 Å². The van der Waals surface area contributed by atoms with Crippen LogP contribution in [-0.4, -0.2) is 33.7 Å². The average molecular weight is 360 g/mol. The number of hydrogen-bond acceptors (Lipinski definition) is 5. The lowest BCUT2D eigenvalue weighted by atomic mass is 9.94. The van der Waals surface area contributed by atoms with E-state index in [4.69, 9.17) is 10.5 Å². The topological polar surface area (TPSA) is 143 Å². The van der Waals surface area contributed by atoms with Crippen LogP contribution < -0.4 is 16.0 Å². The van der Waals surface area contributed by atoms with Gasteiger partial charge in [0.1, 0.15) is 22.7 Å². The summed E-state index contributed by atoms with van der Waals surface area (Å²) in [5, 5.41) is 18.9. The molecule has 0 atom stereocenters. The van der Waals surface area contributed by atoms with Gasteiger partial charge in [0.2, 0.25) is 0 Å². The minimum atomic E-state index is -1.54. The zero-order valence-electron chi connectivity index (χ0n) is 14.5. The molecule has 0 aliphatic heterocycles. The number of hydrogen-bond donors (Lipinski definition) is 4. The zero-order valence-corrected chi connectivity index (χ0v) is 14.5. The molecule has 0 fully saturated rings. The monoisotopic (exact) mass is 360 g/mol. The number of aryl methyl sites for hydroxylation is 1. The summed E-state index contributed by atoms with van der Waals surface area (Å²) in [6.07, 6.45) is 1.78. The largest absolute Gasteiger partial charge is 0.493 e. The van der Waals surface area contributed by atoms with E-state index in [9.17, 15) is 24.6 Å². The van der Waals surface area contributed by atoms with E-state index in [0.29, 0.717) is 12.4 Å². The number of ether oxygens (including phenoxy) is 1. The Balaban J connectivity index is 2.74. The Kier molecular flexibility index (Phi) is 5.66. The van der Waals surface area contributed by atoms with Crippen LogP contribution in [0.3, 0.4) is 0 Å². The number of pyridine rings is 1. The van der Waals surface area contributed by atoms with Crippen molar-refractivity contribution in [3.8, 4) is 16.9 Å². The molecule has 0 radical (unpaired) electrons. The molecule has 0 aliphatic rings. The van der Waals surface area contributed by atoms with E-state index in [-0.39, 0.29) is 11.1 Å². The Labute approximate surface area is 149 Å². The van der Waals surface area contributed by atoms with Crippen LogP contribution in [0.2, 0.25) is 0 Å². The fourth-order valence-electron chi connectivity index (χ4n) is 2.57. The summed E-state index contributed by atoms with van der Waals surface area (Å²) >= 11 is 0. The first kappa shape index (κ1) is 19.0. The molecule has 26 heavy (non-hydrogen) atoms. The molecule has 138 valence electrons. The van der Waals surface area contributed by atoms with Crippen LogP contribution >= 0.6 is 0 Å². The summed E-state index contributed by atoms with van der Waals surface area (Å²) in [5.41, 5.74) is 4.31. The van der Waals surface area contributed by atoms with Crippen molar-refractivity contribution < 1.29 is 24.5 Å². The number of unbranched alkanes of at least 4 members (excludes halogenated alkanes) is 1. The molecule has 0 unspecified atom stereocenters. The number of carbonyl (C=O) groups is 2. The van der Waals surface area contributed by atoms with Crippen LogP contribution in [0.5, 0.6) is 5.75 Å². The van der Waals surface area contributed by atoms with Gasteiger partial charge in [0.05, 0.1) is 6.61 Å². The van der Waals surface area contributed by atoms with Gasteiger partial charge in [-0.25, -0.2) is 9.59 Å². The van der Waals surface area contributed by atoms with E-state index < -0.39 is 34.4 Å². The molecule has 1 heterocycles. The highest BCUT2D eigenvalue weighted by Gasteiger charge is 2.26. The number of benzene rings is 1. The third-order valence-electron chi connectivity index (χ3n) is 3.90. The van der Waals surface area contributed by atoms with E-state index in [2.05, 4.69) is 4.98 Å². The van der Waals surface area contributed by atoms with Crippen molar-refractivity contribution >= 4 is 17.8 Å². The fourth-order valence-corrected chi connectivity index (χ4v) is 2.57. The third-order valence-corrected chi connectivity index (χ3v) is 3.90. The molecular weight excluding hydrogens is 340 g/mol. The number of nitrogens with two attached hydrogens (primary N) is 1. The maximum Gasteiger partial charge on any atom is 0.342 e. The Bertz CT molecular complexity index is 917. The van der Waals surface area contributed by atoms with Crippen molar-refractivity contribution in [3.63, 3.8) is 0 Å².